The maximum atomic E-state index is 10.2. The molecule has 0 fully saturated rings. The highest BCUT2D eigenvalue weighted by Crippen LogP contribution is 2.49. The predicted octanol–water partition coefficient (Wildman–Crippen LogP) is 31.1. The molecule has 0 bridgehead atoms. The summed E-state index contributed by atoms with van der Waals surface area (Å²) in [4.78, 5) is 0. The van der Waals surface area contributed by atoms with Crippen molar-refractivity contribution in [2.24, 2.45) is 0 Å². The molecule has 0 aliphatic rings. The molecule has 2 heterocycles. The number of rotatable bonds is 6. The maximum absolute atomic E-state index is 10.2. The topological polar surface area (TPSA) is 26.3 Å². The van der Waals surface area contributed by atoms with Gasteiger partial charge in [0.25, 0.3) is 0 Å². The Labute approximate surface area is 646 Å². The first-order valence-corrected chi connectivity index (χ1v) is 37.2. The molecule has 504 valence electrons. The van der Waals surface area contributed by atoms with Gasteiger partial charge in [-0.1, -0.05) is 291 Å². The molecule has 0 saturated heterocycles. The summed E-state index contributed by atoms with van der Waals surface area (Å²) in [5, 5.41) is 30.9. The monoisotopic (exact) mass is 1400 g/mol. The van der Waals surface area contributed by atoms with E-state index in [9.17, 15) is 9.60 Å². The highest BCUT2D eigenvalue weighted by Gasteiger charge is 2.23. The lowest BCUT2D eigenvalue weighted by Gasteiger charge is -2.18. The Balaban J connectivity index is 0.000000135. The van der Waals surface area contributed by atoms with Gasteiger partial charge in [-0.25, -0.2) is 0 Å². The van der Waals surface area contributed by atoms with Gasteiger partial charge < -0.3 is 8.83 Å². The molecule has 0 spiro atoms. The van der Waals surface area contributed by atoms with Gasteiger partial charge in [0.05, 0.1) is 16.4 Å². The summed E-state index contributed by atoms with van der Waals surface area (Å²) in [7, 11) is 0. The second kappa shape index (κ2) is 22.6. The molecule has 0 saturated carbocycles. The van der Waals surface area contributed by atoms with Gasteiger partial charge in [0, 0.05) is 32.3 Å². The van der Waals surface area contributed by atoms with Crippen LogP contribution in [0.5, 0.6) is 0 Å². The van der Waals surface area contributed by atoms with Crippen molar-refractivity contribution >= 4 is 195 Å². The Morgan fingerprint density at radius 3 is 1.07 bits per heavy atom. The normalized spacial score (nSPS) is 13.9. The molecular weight excluding hydrogens is 1330 g/mol. The lowest BCUT2D eigenvalue weighted by molar-refractivity contribution is 0.672. The van der Waals surface area contributed by atoms with E-state index in [1.54, 1.807) is 0 Å². The number of fused-ring (bicyclic) bond motifs is 10. The first-order valence-electron chi connectivity index (χ1n) is 43.2. The molecule has 24 aromatic carbocycles. The minimum atomic E-state index is -0.538. The average Bonchev–Trinajstić information content (AvgIpc) is 1.53. The fourth-order valence-corrected chi connectivity index (χ4v) is 18.6. The maximum Gasteiger partial charge on any atom is 0.143 e. The van der Waals surface area contributed by atoms with Crippen LogP contribution in [0.3, 0.4) is 0 Å². The Morgan fingerprint density at radius 2 is 0.564 bits per heavy atom. The minimum absolute atomic E-state index is 0.00721. The van der Waals surface area contributed by atoms with E-state index >= 15 is 0 Å². The lowest BCUT2D eigenvalue weighted by atomic mass is 9.86. The second-order valence-corrected chi connectivity index (χ2v) is 29.4. The van der Waals surface area contributed by atoms with Crippen LogP contribution in [0.1, 0.15) is 16.4 Å². The van der Waals surface area contributed by atoms with E-state index in [1.165, 1.54) is 21.5 Å². The van der Waals surface area contributed by atoms with E-state index in [0.29, 0.717) is 22.3 Å². The van der Waals surface area contributed by atoms with Gasteiger partial charge in [0.2, 0.25) is 0 Å². The van der Waals surface area contributed by atoms with E-state index in [1.807, 2.05) is 36.4 Å². The zero-order valence-electron chi connectivity index (χ0n) is 70.5. The number of hydrogen-bond acceptors (Lipinski definition) is 2. The summed E-state index contributed by atoms with van der Waals surface area (Å²) in [6, 6.07) is 98.4. The third kappa shape index (κ3) is 8.70. The molecule has 0 amide bonds. The second-order valence-electron chi connectivity index (χ2n) is 29.4. The van der Waals surface area contributed by atoms with Gasteiger partial charge >= 0.3 is 0 Å². The van der Waals surface area contributed by atoms with E-state index in [0.717, 1.165) is 179 Å². The zero-order valence-corrected chi connectivity index (χ0v) is 58.5. The average molecular weight is 1400 g/mol. The molecule has 26 rings (SSSR count). The SMILES string of the molecule is [2H]c1c(-c2cc(-c3ccc4ccc5cccc6ccc3c4c56)cc(-c3ccc4ccc5cccc6ccc3c4c56)c2)c([2H])c2c(oc3c4c([2H])c([2H])c([2H])c([2H])c4c([2H])c([2H])c32)c1[2H].[2H]c1c(-c2ccc3oc4c5ccccc5ccc4c3c2)c([2H])c(-c2ccc3ccc4cccc5ccc2c3c45)c([2H])c1-c1ccc2ccc3cccc4ccc1c2c34. The molecule has 2 heteroatoms. The first-order chi connectivity index (χ1) is 59.5. The molecule has 0 atom stereocenters. The summed E-state index contributed by atoms with van der Waals surface area (Å²) < 4.78 is 124. The van der Waals surface area contributed by atoms with Crippen molar-refractivity contribution in [2.45, 2.75) is 0 Å². The smallest absolute Gasteiger partial charge is 0.143 e. The number of hydrogen-bond donors (Lipinski definition) is 0. The molecule has 0 unspecified atom stereocenters. The molecule has 2 aromatic heterocycles. The number of benzene rings is 24. The van der Waals surface area contributed by atoms with E-state index in [4.69, 9.17) is 15.7 Å². The number of furan rings is 2. The quantitative estimate of drug-likeness (QED) is 0.155. The van der Waals surface area contributed by atoms with Crippen molar-refractivity contribution in [3.8, 4) is 66.8 Å². The largest absolute Gasteiger partial charge is 0.455 e. The molecule has 2 nitrogen and oxygen atoms in total. The Bertz CT molecular complexity index is 8800. The van der Waals surface area contributed by atoms with E-state index in [-0.39, 0.29) is 80.6 Å². The molecule has 0 radical (unpaired) electrons. The minimum Gasteiger partial charge on any atom is -0.455 e. The summed E-state index contributed by atoms with van der Waals surface area (Å²) in [6.07, 6.45) is 0. The van der Waals surface area contributed by atoms with Gasteiger partial charge in [-0.2, -0.15) is 0 Å². The van der Waals surface area contributed by atoms with Crippen molar-refractivity contribution in [1.29, 1.82) is 0 Å². The van der Waals surface area contributed by atoms with Crippen LogP contribution in [0, 0.1) is 0 Å². The van der Waals surface area contributed by atoms with Crippen LogP contribution in [0.2, 0.25) is 0 Å². The van der Waals surface area contributed by atoms with Crippen LogP contribution in [0.15, 0.2) is 373 Å². The Kier molecular flexibility index (Phi) is 10.1. The lowest BCUT2D eigenvalue weighted by Crippen LogP contribution is -1.91. The molecule has 0 aliphatic carbocycles. The van der Waals surface area contributed by atoms with Crippen molar-refractivity contribution in [1.82, 2.24) is 0 Å². The van der Waals surface area contributed by atoms with Crippen molar-refractivity contribution in [3.63, 3.8) is 0 Å². The predicted molar refractivity (Wildman–Crippen MR) is 470 cm³/mol. The van der Waals surface area contributed by atoms with Gasteiger partial charge in [-0.15, -0.1) is 0 Å². The molecular formula is C108H60O2. The van der Waals surface area contributed by atoms with Crippen LogP contribution in [-0.2, 0) is 0 Å². The summed E-state index contributed by atoms with van der Waals surface area (Å²) in [5.74, 6) is 0. The van der Waals surface area contributed by atoms with Crippen LogP contribution < -0.4 is 0 Å². The van der Waals surface area contributed by atoms with Crippen LogP contribution in [-0.4, -0.2) is 0 Å². The first kappa shape index (κ1) is 49.4. The summed E-state index contributed by atoms with van der Waals surface area (Å²) in [5.41, 5.74) is 9.48. The molecule has 110 heavy (non-hydrogen) atoms. The Hall–Kier alpha value is -14.4. The van der Waals surface area contributed by atoms with Crippen molar-refractivity contribution < 1.29 is 25.3 Å². The van der Waals surface area contributed by atoms with Gasteiger partial charge in [0.1, 0.15) is 22.3 Å². The fraction of sp³-hybridized carbons (Fsp3) is 0. The highest BCUT2D eigenvalue weighted by molar-refractivity contribution is 6.30. The highest BCUT2D eigenvalue weighted by atomic mass is 16.3. The fourth-order valence-electron chi connectivity index (χ4n) is 18.6. The third-order valence-electron chi connectivity index (χ3n) is 23.6. The van der Waals surface area contributed by atoms with E-state index < -0.39 is 30.2 Å². The zero-order chi connectivity index (χ0) is 82.0. The van der Waals surface area contributed by atoms with Gasteiger partial charge in [-0.3, -0.25) is 0 Å². The van der Waals surface area contributed by atoms with Crippen LogP contribution >= 0.6 is 0 Å². The summed E-state index contributed by atoms with van der Waals surface area (Å²) in [6.45, 7) is 0. The summed E-state index contributed by atoms with van der Waals surface area (Å²) >= 11 is 0. The van der Waals surface area contributed by atoms with Crippen molar-refractivity contribution in [3.05, 3.63) is 364 Å². The molecule has 0 N–H and O–H groups in total. The molecule has 26 aromatic rings. The van der Waals surface area contributed by atoms with Crippen LogP contribution in [0.4, 0.5) is 0 Å². The van der Waals surface area contributed by atoms with Gasteiger partial charge in [0.15, 0.2) is 0 Å². The molecule has 0 aliphatic heterocycles. The van der Waals surface area contributed by atoms with Gasteiger partial charge in [-0.05, 0) is 279 Å². The Morgan fingerprint density at radius 1 is 0.173 bits per heavy atom. The third-order valence-corrected chi connectivity index (χ3v) is 23.6. The van der Waals surface area contributed by atoms with Crippen LogP contribution in [0.25, 0.3) is 261 Å². The standard InChI is InChI=1S/2C54H30O/c2*1-2-10-44-31(5-1)15-25-47-48-30-38(20-26-49(48)55-54(44)47)39-27-40(42-21-16-36-13-11-32-6-3-8-34-18-23-45(42)52(36)50(32)34)29-41(28-39)43-22-17-37-14-12-33-7-4-9-35-19-24-46(43)53(37)51(33)35/h2*1-30H/i1D,2D,5D,10D,15D,20D,25D,26D,30D;27D,28D,29D. The van der Waals surface area contributed by atoms with Crippen molar-refractivity contribution in [2.75, 3.05) is 0 Å². The van der Waals surface area contributed by atoms with E-state index in [2.05, 4.69) is 255 Å².